The minimum atomic E-state index is -1.09. The van der Waals surface area contributed by atoms with Crippen LogP contribution in [0.15, 0.2) is 71.3 Å². The van der Waals surface area contributed by atoms with Crippen LogP contribution in [0.1, 0.15) is 10.5 Å². The van der Waals surface area contributed by atoms with Gasteiger partial charge in [0.2, 0.25) is 0 Å². The molecular formula is C19H12BrN3O3. The van der Waals surface area contributed by atoms with Crippen molar-refractivity contribution in [3.63, 3.8) is 0 Å². The molecule has 0 fully saturated rings. The molecular weight excluding hydrogens is 398 g/mol. The van der Waals surface area contributed by atoms with E-state index in [0.717, 1.165) is 5.75 Å². The van der Waals surface area contributed by atoms with Gasteiger partial charge in [-0.1, -0.05) is 18.2 Å². The number of aromatic nitrogens is 3. The molecule has 0 saturated carbocycles. The van der Waals surface area contributed by atoms with Gasteiger partial charge in [-0.3, -0.25) is 4.98 Å². The van der Waals surface area contributed by atoms with E-state index in [4.69, 9.17) is 4.74 Å². The Bertz CT molecular complexity index is 1090. The molecule has 4 rings (SSSR count). The van der Waals surface area contributed by atoms with Crippen LogP contribution in [0.2, 0.25) is 0 Å². The van der Waals surface area contributed by atoms with Crippen molar-refractivity contribution in [2.45, 2.75) is 0 Å². The van der Waals surface area contributed by atoms with Crippen molar-refractivity contribution < 1.29 is 14.6 Å². The van der Waals surface area contributed by atoms with Crippen molar-refractivity contribution in [2.75, 3.05) is 0 Å². The van der Waals surface area contributed by atoms with Gasteiger partial charge in [0.25, 0.3) is 0 Å². The van der Waals surface area contributed by atoms with Gasteiger partial charge >= 0.3 is 5.97 Å². The average Bonchev–Trinajstić information content (AvgIpc) is 3.04. The zero-order valence-electron chi connectivity index (χ0n) is 13.3. The van der Waals surface area contributed by atoms with Gasteiger partial charge in [0.15, 0.2) is 5.69 Å². The summed E-state index contributed by atoms with van der Waals surface area (Å²) >= 11 is 3.39. The molecule has 0 aliphatic heterocycles. The highest BCUT2D eigenvalue weighted by molar-refractivity contribution is 9.10. The lowest BCUT2D eigenvalue weighted by Crippen LogP contribution is -2.08. The number of benzene rings is 2. The number of carbonyl (C=O) groups is 1. The first-order chi connectivity index (χ1) is 12.6. The molecule has 0 aliphatic rings. The Hall–Kier alpha value is -3.19. The molecule has 2 heterocycles. The minimum Gasteiger partial charge on any atom is -0.476 e. The second-order valence-corrected chi connectivity index (χ2v) is 6.32. The molecule has 0 bridgehead atoms. The molecule has 0 amide bonds. The number of pyridine rings is 1. The molecule has 4 aromatic rings. The van der Waals surface area contributed by atoms with Crippen LogP contribution in [0, 0.1) is 0 Å². The number of aromatic carboxylic acids is 1. The molecule has 0 radical (unpaired) electrons. The molecule has 26 heavy (non-hydrogen) atoms. The minimum absolute atomic E-state index is 0.0121. The fraction of sp³-hybridized carbons (Fsp3) is 0. The van der Waals surface area contributed by atoms with E-state index >= 15 is 0 Å². The summed E-state index contributed by atoms with van der Waals surface area (Å²) in [5.74, 6) is 0.278. The smallest absolute Gasteiger partial charge is 0.356 e. The van der Waals surface area contributed by atoms with Crippen molar-refractivity contribution >= 4 is 32.9 Å². The van der Waals surface area contributed by atoms with E-state index in [0.29, 0.717) is 26.9 Å². The number of halogens is 1. The average molecular weight is 410 g/mol. The van der Waals surface area contributed by atoms with Crippen LogP contribution in [-0.2, 0) is 0 Å². The maximum Gasteiger partial charge on any atom is 0.356 e. The van der Waals surface area contributed by atoms with E-state index in [1.165, 1.54) is 4.68 Å². The summed E-state index contributed by atoms with van der Waals surface area (Å²) in [7, 11) is 0. The summed E-state index contributed by atoms with van der Waals surface area (Å²) in [6, 6.07) is 18.2. The predicted octanol–water partition coefficient (Wildman–Crippen LogP) is 4.67. The quantitative estimate of drug-likeness (QED) is 0.529. The number of fused-ring (bicyclic) bond motifs is 1. The highest BCUT2D eigenvalue weighted by Crippen LogP contribution is 2.27. The standard InChI is InChI=1S/C19H12BrN3O3/c20-15-10-11-21-17-16(15)22-23(18(17)19(24)25)12-6-8-14(9-7-12)26-13-4-2-1-3-5-13/h1-11H,(H,24,25). The van der Waals surface area contributed by atoms with Crippen molar-refractivity contribution in [3.8, 4) is 17.2 Å². The number of carboxylic acid groups (broad SMARTS) is 1. The van der Waals surface area contributed by atoms with Gasteiger partial charge < -0.3 is 9.84 Å². The maximum absolute atomic E-state index is 11.7. The number of ether oxygens (including phenoxy) is 1. The third-order valence-electron chi connectivity index (χ3n) is 3.77. The molecule has 1 N–H and O–H groups in total. The number of hydrogen-bond acceptors (Lipinski definition) is 4. The SMILES string of the molecule is O=C(O)c1c2nccc(Br)c2nn1-c1ccc(Oc2ccccc2)cc1. The maximum atomic E-state index is 11.7. The van der Waals surface area contributed by atoms with Crippen LogP contribution in [0.3, 0.4) is 0 Å². The van der Waals surface area contributed by atoms with Gasteiger partial charge in [-0.15, -0.1) is 0 Å². The zero-order chi connectivity index (χ0) is 18.1. The van der Waals surface area contributed by atoms with Crippen LogP contribution in [0.25, 0.3) is 16.7 Å². The molecule has 0 aliphatic carbocycles. The highest BCUT2D eigenvalue weighted by Gasteiger charge is 2.21. The van der Waals surface area contributed by atoms with Gasteiger partial charge in [0, 0.05) is 10.7 Å². The van der Waals surface area contributed by atoms with Gasteiger partial charge in [0.1, 0.15) is 22.5 Å². The zero-order valence-corrected chi connectivity index (χ0v) is 14.9. The number of para-hydroxylation sites is 1. The number of rotatable bonds is 4. The van der Waals surface area contributed by atoms with E-state index in [1.54, 1.807) is 36.5 Å². The molecule has 0 unspecified atom stereocenters. The summed E-state index contributed by atoms with van der Waals surface area (Å²) in [5.41, 5.74) is 1.44. The highest BCUT2D eigenvalue weighted by atomic mass is 79.9. The van der Waals surface area contributed by atoms with E-state index in [1.807, 2.05) is 30.3 Å². The van der Waals surface area contributed by atoms with Crippen LogP contribution in [0.4, 0.5) is 0 Å². The molecule has 128 valence electrons. The van der Waals surface area contributed by atoms with Crippen LogP contribution in [-0.4, -0.2) is 25.8 Å². The Labute approximate surface area is 156 Å². The summed E-state index contributed by atoms with van der Waals surface area (Å²) in [6.45, 7) is 0. The van der Waals surface area contributed by atoms with E-state index in [2.05, 4.69) is 26.0 Å². The van der Waals surface area contributed by atoms with Crippen LogP contribution >= 0.6 is 15.9 Å². The van der Waals surface area contributed by atoms with Gasteiger partial charge in [0.05, 0.1) is 5.69 Å². The summed E-state index contributed by atoms with van der Waals surface area (Å²) in [5, 5.41) is 14.0. The molecule has 2 aromatic carbocycles. The summed E-state index contributed by atoms with van der Waals surface area (Å²) in [6.07, 6.45) is 1.54. The Morgan fingerprint density at radius 1 is 0.962 bits per heavy atom. The topological polar surface area (TPSA) is 77.2 Å². The second kappa shape index (κ2) is 6.61. The molecule has 2 aromatic heterocycles. The molecule has 0 spiro atoms. The summed E-state index contributed by atoms with van der Waals surface area (Å²) in [4.78, 5) is 15.9. The fourth-order valence-electron chi connectivity index (χ4n) is 2.61. The summed E-state index contributed by atoms with van der Waals surface area (Å²) < 4.78 is 7.82. The largest absolute Gasteiger partial charge is 0.476 e. The predicted molar refractivity (Wildman–Crippen MR) is 100 cm³/mol. The van der Waals surface area contributed by atoms with Gasteiger partial charge in [-0.2, -0.15) is 5.10 Å². The molecule has 7 heteroatoms. The number of hydrogen-bond donors (Lipinski definition) is 1. The third kappa shape index (κ3) is 2.93. The Morgan fingerprint density at radius 2 is 1.65 bits per heavy atom. The van der Waals surface area contributed by atoms with E-state index in [-0.39, 0.29) is 5.69 Å². The lowest BCUT2D eigenvalue weighted by Gasteiger charge is -2.08. The first kappa shape index (κ1) is 16.3. The first-order valence-corrected chi connectivity index (χ1v) is 8.52. The van der Waals surface area contributed by atoms with Gasteiger partial charge in [-0.05, 0) is 58.4 Å². The van der Waals surface area contributed by atoms with E-state index in [9.17, 15) is 9.90 Å². The van der Waals surface area contributed by atoms with Gasteiger partial charge in [-0.25, -0.2) is 9.48 Å². The second-order valence-electron chi connectivity index (χ2n) is 5.46. The van der Waals surface area contributed by atoms with Crippen LogP contribution < -0.4 is 4.74 Å². The van der Waals surface area contributed by atoms with Crippen molar-refractivity contribution in [1.82, 2.24) is 14.8 Å². The molecule has 0 atom stereocenters. The Balaban J connectivity index is 1.75. The number of carboxylic acids is 1. The Morgan fingerprint density at radius 3 is 2.35 bits per heavy atom. The number of nitrogens with zero attached hydrogens (tertiary/aromatic N) is 3. The van der Waals surface area contributed by atoms with Crippen molar-refractivity contribution in [2.24, 2.45) is 0 Å². The fourth-order valence-corrected chi connectivity index (χ4v) is 2.99. The van der Waals surface area contributed by atoms with E-state index < -0.39 is 5.97 Å². The first-order valence-electron chi connectivity index (χ1n) is 7.73. The van der Waals surface area contributed by atoms with Crippen molar-refractivity contribution in [3.05, 3.63) is 77.0 Å². The normalized spacial score (nSPS) is 10.8. The third-order valence-corrected chi connectivity index (χ3v) is 4.41. The van der Waals surface area contributed by atoms with Crippen LogP contribution in [0.5, 0.6) is 11.5 Å². The molecule has 0 saturated heterocycles. The lowest BCUT2D eigenvalue weighted by atomic mass is 10.2. The molecule has 6 nitrogen and oxygen atoms in total. The lowest BCUT2D eigenvalue weighted by molar-refractivity contribution is 0.0689. The Kier molecular flexibility index (Phi) is 4.14. The van der Waals surface area contributed by atoms with Crippen molar-refractivity contribution in [1.29, 1.82) is 0 Å². The monoisotopic (exact) mass is 409 g/mol.